The monoisotopic (exact) mass is 155 g/mol. The third-order valence-electron chi connectivity index (χ3n) is 1.30. The topological polar surface area (TPSA) is 55.5 Å². The van der Waals surface area contributed by atoms with Gasteiger partial charge < -0.3 is 9.78 Å². The predicted octanol–water partition coefficient (Wildman–Crippen LogP) is -0.597. The summed E-state index contributed by atoms with van der Waals surface area (Å²) in [7, 11) is -1.39. The lowest BCUT2D eigenvalue weighted by Gasteiger charge is -2.02. The number of hydrogen-bond acceptors (Lipinski definition) is 3. The Labute approximate surface area is 63.7 Å². The highest BCUT2D eigenvalue weighted by Gasteiger charge is 2.18. The lowest BCUT2D eigenvalue weighted by molar-refractivity contribution is 0.280. The van der Waals surface area contributed by atoms with Crippen LogP contribution in [0.3, 0.4) is 0 Å². The maximum atomic E-state index is 12.7. The zero-order chi connectivity index (χ0) is 8.27. The largest absolute Gasteiger partial charge is 0.511 e. The van der Waals surface area contributed by atoms with E-state index < -0.39 is 12.9 Å². The van der Waals surface area contributed by atoms with Crippen LogP contribution in [0.2, 0.25) is 0 Å². The lowest BCUT2D eigenvalue weighted by Crippen LogP contribution is -2.38. The highest BCUT2D eigenvalue weighted by molar-refractivity contribution is 6.59. The molecule has 0 heterocycles. The van der Waals surface area contributed by atoms with Gasteiger partial charge in [0.2, 0.25) is 0 Å². The van der Waals surface area contributed by atoms with Crippen molar-refractivity contribution in [3.8, 4) is 0 Å². The molecule has 0 amide bonds. The van der Waals surface area contributed by atoms with Crippen LogP contribution in [0.15, 0.2) is 24.3 Å². The molecule has 0 saturated heterocycles. The first-order valence-electron chi connectivity index (χ1n) is 3.03. The molecule has 0 aromatic heterocycles. The van der Waals surface area contributed by atoms with Crippen molar-refractivity contribution in [3.63, 3.8) is 0 Å². The second-order valence-corrected chi connectivity index (χ2v) is 2.01. The van der Waals surface area contributed by atoms with E-state index in [9.17, 15) is 4.39 Å². The van der Waals surface area contributed by atoms with Crippen molar-refractivity contribution < 1.29 is 14.2 Å². The van der Waals surface area contributed by atoms with E-state index in [0.29, 0.717) is 0 Å². The van der Waals surface area contributed by atoms with E-state index in [4.69, 9.17) is 5.02 Å². The van der Waals surface area contributed by atoms with Gasteiger partial charge in [-0.3, -0.25) is 0 Å². The lowest BCUT2D eigenvalue weighted by atomic mass is 9.80. The molecule has 3 nitrogen and oxygen atoms in total. The minimum absolute atomic E-state index is 0.0370. The summed E-state index contributed by atoms with van der Waals surface area (Å²) in [5, 5.41) is 8.92. The molecule has 1 aromatic carbocycles. The molecule has 0 unspecified atom stereocenters. The molecule has 0 aliphatic heterocycles. The Hall–Kier alpha value is -0.905. The second kappa shape index (κ2) is 3.48. The van der Waals surface area contributed by atoms with E-state index in [-0.39, 0.29) is 5.46 Å². The fraction of sp³-hybridized carbons (Fsp3) is 0. The fourth-order valence-electron chi connectivity index (χ4n) is 0.749. The molecule has 58 valence electrons. The maximum absolute atomic E-state index is 12.7. The second-order valence-electron chi connectivity index (χ2n) is 2.01. The van der Waals surface area contributed by atoms with E-state index in [1.54, 1.807) is 6.07 Å². The molecular weight excluding hydrogens is 148 g/mol. The van der Waals surface area contributed by atoms with Crippen molar-refractivity contribution in [2.45, 2.75) is 0 Å². The molecule has 5 heteroatoms. The fourth-order valence-corrected chi connectivity index (χ4v) is 0.749. The number of benzene rings is 1. The molecule has 1 aromatic rings. The van der Waals surface area contributed by atoms with E-state index in [1.807, 2.05) is 0 Å². The van der Waals surface area contributed by atoms with Crippen molar-refractivity contribution in [2.24, 2.45) is 5.90 Å². The normalized spacial score (nSPS) is 9.73. The summed E-state index contributed by atoms with van der Waals surface area (Å²) < 4.78 is 16.8. The first-order chi connectivity index (χ1) is 5.25. The van der Waals surface area contributed by atoms with Gasteiger partial charge in [-0.05, 0) is 6.07 Å². The van der Waals surface area contributed by atoms with Crippen LogP contribution >= 0.6 is 0 Å². The molecule has 0 radical (unpaired) electrons. The molecule has 0 spiro atoms. The quantitative estimate of drug-likeness (QED) is 0.443. The van der Waals surface area contributed by atoms with E-state index in [2.05, 4.69) is 10.7 Å². The zero-order valence-electron chi connectivity index (χ0n) is 5.70. The summed E-state index contributed by atoms with van der Waals surface area (Å²) in [4.78, 5) is 0. The maximum Gasteiger partial charge on any atom is 0.511 e. The van der Waals surface area contributed by atoms with Gasteiger partial charge in [0.05, 0.1) is 0 Å². The van der Waals surface area contributed by atoms with Crippen molar-refractivity contribution in [1.29, 1.82) is 0 Å². The average Bonchev–Trinajstić information content (AvgIpc) is 2.04. The van der Waals surface area contributed by atoms with Crippen LogP contribution < -0.4 is 11.4 Å². The predicted molar refractivity (Wildman–Crippen MR) is 39.3 cm³/mol. The van der Waals surface area contributed by atoms with Gasteiger partial charge in [-0.1, -0.05) is 18.2 Å². The molecule has 1 rings (SSSR count). The summed E-state index contributed by atoms with van der Waals surface area (Å²) in [5.74, 6) is 4.12. The summed E-state index contributed by atoms with van der Waals surface area (Å²) in [6.07, 6.45) is 0. The van der Waals surface area contributed by atoms with Crippen LogP contribution in [-0.2, 0) is 4.76 Å². The van der Waals surface area contributed by atoms with E-state index in [1.165, 1.54) is 18.2 Å². The molecule has 0 atom stereocenters. The molecular formula is C6H7BFNO2. The number of hydrogen-bond donors (Lipinski definition) is 2. The number of halogens is 1. The van der Waals surface area contributed by atoms with Crippen molar-refractivity contribution in [1.82, 2.24) is 0 Å². The molecule has 3 N–H and O–H groups in total. The summed E-state index contributed by atoms with van der Waals surface area (Å²) in [6.45, 7) is 0. The minimum Gasteiger partial charge on any atom is -0.422 e. The van der Waals surface area contributed by atoms with Gasteiger partial charge >= 0.3 is 7.12 Å². The minimum atomic E-state index is -1.39. The van der Waals surface area contributed by atoms with Gasteiger partial charge in [-0.15, -0.1) is 0 Å². The van der Waals surface area contributed by atoms with Gasteiger partial charge in [0.15, 0.2) is 0 Å². The number of nitrogens with two attached hydrogens (primary N) is 1. The van der Waals surface area contributed by atoms with Crippen molar-refractivity contribution in [2.75, 3.05) is 0 Å². The van der Waals surface area contributed by atoms with Gasteiger partial charge in [-0.2, -0.15) is 0 Å². The van der Waals surface area contributed by atoms with Crippen LogP contribution in [0.4, 0.5) is 4.39 Å². The van der Waals surface area contributed by atoms with Crippen LogP contribution in [0.1, 0.15) is 0 Å². The molecule has 0 saturated carbocycles. The van der Waals surface area contributed by atoms with Gasteiger partial charge in [-0.25, -0.2) is 10.3 Å². The highest BCUT2D eigenvalue weighted by atomic mass is 19.1. The Balaban J connectivity index is 2.93. The molecule has 0 fully saturated rings. The van der Waals surface area contributed by atoms with Gasteiger partial charge in [0.25, 0.3) is 0 Å². The van der Waals surface area contributed by atoms with Crippen LogP contribution in [0.25, 0.3) is 0 Å². The number of rotatable bonds is 2. The zero-order valence-corrected chi connectivity index (χ0v) is 5.70. The molecule has 11 heavy (non-hydrogen) atoms. The Bertz CT molecular complexity index is 246. The van der Waals surface area contributed by atoms with Gasteiger partial charge in [0.1, 0.15) is 5.82 Å². The summed E-state index contributed by atoms with van der Waals surface area (Å²) >= 11 is 0. The van der Waals surface area contributed by atoms with Crippen LogP contribution in [0.5, 0.6) is 0 Å². The summed E-state index contributed by atoms with van der Waals surface area (Å²) in [5.41, 5.74) is 0.0370. The highest BCUT2D eigenvalue weighted by Crippen LogP contribution is 1.93. The first kappa shape index (κ1) is 8.19. The standard InChI is InChI=1S/C6H7BFNO2/c8-6-4-2-1-3-5(6)7(10)11-9/h1-4,10H,9H2. The Morgan fingerprint density at radius 2 is 2.09 bits per heavy atom. The van der Waals surface area contributed by atoms with E-state index >= 15 is 0 Å². The van der Waals surface area contributed by atoms with Crippen LogP contribution in [0, 0.1) is 5.82 Å². The summed E-state index contributed by atoms with van der Waals surface area (Å²) in [6, 6.07) is 5.72. The third-order valence-corrected chi connectivity index (χ3v) is 1.30. The smallest absolute Gasteiger partial charge is 0.422 e. The van der Waals surface area contributed by atoms with Crippen molar-refractivity contribution >= 4 is 12.6 Å². The molecule has 0 aliphatic rings. The SMILES string of the molecule is NOB(O)c1ccccc1F. The first-order valence-corrected chi connectivity index (χ1v) is 3.03. The molecule has 0 aliphatic carbocycles. The molecule has 0 bridgehead atoms. The van der Waals surface area contributed by atoms with Gasteiger partial charge in [0, 0.05) is 5.46 Å². The Kier molecular flexibility index (Phi) is 2.59. The van der Waals surface area contributed by atoms with Crippen LogP contribution in [-0.4, -0.2) is 12.1 Å². The van der Waals surface area contributed by atoms with E-state index in [0.717, 1.165) is 0 Å². The average molecular weight is 155 g/mol. The van der Waals surface area contributed by atoms with Crippen molar-refractivity contribution in [3.05, 3.63) is 30.1 Å². The Morgan fingerprint density at radius 1 is 1.45 bits per heavy atom. The Morgan fingerprint density at radius 3 is 2.64 bits per heavy atom. The third kappa shape index (κ3) is 1.77.